The summed E-state index contributed by atoms with van der Waals surface area (Å²) in [6, 6.07) is 25.4. The Hall–Kier alpha value is -2.46. The maximum atomic E-state index is 6.17. The van der Waals surface area contributed by atoms with Crippen LogP contribution < -0.4 is 14.4 Å². The summed E-state index contributed by atoms with van der Waals surface area (Å²) < 4.78 is 13.4. The maximum Gasteiger partial charge on any atom is 0.119 e. The Morgan fingerprint density at radius 2 is 0.947 bits per heavy atom. The van der Waals surface area contributed by atoms with Crippen LogP contribution in [0.4, 0.5) is 17.1 Å². The molecule has 0 unspecified atom stereocenters. The van der Waals surface area contributed by atoms with Crippen LogP contribution in [-0.2, 0) is 0 Å². The number of unbranched alkanes of at least 4 members (excludes halogenated alkanes) is 2. The van der Waals surface area contributed by atoms with Crippen LogP contribution in [0.5, 0.6) is 11.5 Å². The molecule has 0 amide bonds. The lowest BCUT2D eigenvalue weighted by atomic mass is 10.0. The Morgan fingerprint density at radius 1 is 0.579 bits per heavy atom. The van der Waals surface area contributed by atoms with Crippen LogP contribution in [0, 0.1) is 11.8 Å². The minimum absolute atomic E-state index is 0.619. The molecule has 0 saturated heterocycles. The number of hydrogen-bond donors (Lipinski definition) is 0. The Labute approximate surface area is 239 Å². The van der Waals surface area contributed by atoms with Crippen LogP contribution in [0.2, 0.25) is 0 Å². The van der Waals surface area contributed by atoms with Crippen molar-refractivity contribution in [2.24, 2.45) is 11.8 Å². The molecule has 3 aromatic carbocycles. The summed E-state index contributed by atoms with van der Waals surface area (Å²) in [7, 11) is 0. The second-order valence-corrected chi connectivity index (χ2v) is 11.2. The molecule has 206 valence electrons. The predicted molar refractivity (Wildman–Crippen MR) is 166 cm³/mol. The number of rotatable bonds is 17. The van der Waals surface area contributed by atoms with Gasteiger partial charge in [0.1, 0.15) is 11.5 Å². The lowest BCUT2D eigenvalue weighted by Crippen LogP contribution is -2.12. The van der Waals surface area contributed by atoms with Gasteiger partial charge in [-0.15, -0.1) is 0 Å². The van der Waals surface area contributed by atoms with Crippen LogP contribution in [0.3, 0.4) is 0 Å². The van der Waals surface area contributed by atoms with Gasteiger partial charge in [0.25, 0.3) is 0 Å². The summed E-state index contributed by atoms with van der Waals surface area (Å²) in [6.45, 7) is 10.6. The summed E-state index contributed by atoms with van der Waals surface area (Å²) in [5.74, 6) is 3.09. The van der Waals surface area contributed by atoms with Gasteiger partial charge in [0.05, 0.1) is 13.2 Å². The molecule has 0 aliphatic rings. The molecule has 3 nitrogen and oxygen atoms in total. The van der Waals surface area contributed by atoms with E-state index in [-0.39, 0.29) is 0 Å². The third-order valence-electron chi connectivity index (χ3n) is 7.33. The van der Waals surface area contributed by atoms with Gasteiger partial charge < -0.3 is 14.4 Å². The first-order valence-corrected chi connectivity index (χ1v) is 15.4. The van der Waals surface area contributed by atoms with E-state index in [2.05, 4.69) is 121 Å². The molecule has 0 aliphatic carbocycles. The fourth-order valence-electron chi connectivity index (χ4n) is 4.64. The van der Waals surface area contributed by atoms with E-state index in [4.69, 9.17) is 9.47 Å². The molecule has 2 atom stereocenters. The predicted octanol–water partition coefficient (Wildman–Crippen LogP) is 11.1. The SMILES string of the molecule is CCCC[C@@H](CC)COc1ccc(N(c2ccc(Br)cc2)c2ccc(OC[C@@H](CC)CCCC)cc2)cc1. The zero-order chi connectivity index (χ0) is 27.2. The van der Waals surface area contributed by atoms with Crippen molar-refractivity contribution in [2.45, 2.75) is 79.1 Å². The zero-order valence-electron chi connectivity index (χ0n) is 23.8. The first kappa shape index (κ1) is 30.1. The van der Waals surface area contributed by atoms with Crippen LogP contribution in [-0.4, -0.2) is 13.2 Å². The molecule has 3 rings (SSSR count). The smallest absolute Gasteiger partial charge is 0.119 e. The summed E-state index contributed by atoms with van der Waals surface area (Å²) in [4.78, 5) is 2.27. The molecule has 38 heavy (non-hydrogen) atoms. The molecule has 0 heterocycles. The molecule has 0 radical (unpaired) electrons. The molecule has 0 N–H and O–H groups in total. The maximum absolute atomic E-state index is 6.17. The average Bonchev–Trinajstić information content (AvgIpc) is 2.96. The van der Waals surface area contributed by atoms with Gasteiger partial charge in [0, 0.05) is 21.5 Å². The Morgan fingerprint density at radius 3 is 1.29 bits per heavy atom. The van der Waals surface area contributed by atoms with Crippen molar-refractivity contribution in [3.63, 3.8) is 0 Å². The van der Waals surface area contributed by atoms with Gasteiger partial charge >= 0.3 is 0 Å². The highest BCUT2D eigenvalue weighted by Crippen LogP contribution is 2.36. The monoisotopic (exact) mass is 579 g/mol. The van der Waals surface area contributed by atoms with E-state index in [1.54, 1.807) is 0 Å². The summed E-state index contributed by atoms with van der Waals surface area (Å²) >= 11 is 3.58. The van der Waals surface area contributed by atoms with E-state index in [0.717, 1.165) is 59.1 Å². The van der Waals surface area contributed by atoms with E-state index < -0.39 is 0 Å². The van der Waals surface area contributed by atoms with Crippen molar-refractivity contribution in [3.05, 3.63) is 77.3 Å². The topological polar surface area (TPSA) is 21.7 Å². The van der Waals surface area contributed by atoms with E-state index in [9.17, 15) is 0 Å². The normalized spacial score (nSPS) is 12.7. The third kappa shape index (κ3) is 9.38. The van der Waals surface area contributed by atoms with E-state index in [1.165, 1.54) is 38.5 Å². The zero-order valence-corrected chi connectivity index (χ0v) is 25.4. The molecule has 4 heteroatoms. The summed E-state index contributed by atoms with van der Waals surface area (Å²) in [5.41, 5.74) is 3.29. The van der Waals surface area contributed by atoms with Crippen LogP contribution in [0.1, 0.15) is 79.1 Å². The molecule has 0 aromatic heterocycles. The number of anilines is 3. The minimum atomic E-state index is 0.619. The van der Waals surface area contributed by atoms with Crippen LogP contribution in [0.15, 0.2) is 77.3 Å². The Balaban J connectivity index is 1.75. The van der Waals surface area contributed by atoms with E-state index in [0.29, 0.717) is 11.8 Å². The fourth-order valence-corrected chi connectivity index (χ4v) is 4.91. The van der Waals surface area contributed by atoms with Crippen LogP contribution >= 0.6 is 15.9 Å². The van der Waals surface area contributed by atoms with Crippen molar-refractivity contribution in [3.8, 4) is 11.5 Å². The number of benzene rings is 3. The van der Waals surface area contributed by atoms with Crippen molar-refractivity contribution < 1.29 is 9.47 Å². The largest absolute Gasteiger partial charge is 0.493 e. The van der Waals surface area contributed by atoms with Crippen molar-refractivity contribution in [2.75, 3.05) is 18.1 Å². The van der Waals surface area contributed by atoms with Gasteiger partial charge in [-0.25, -0.2) is 0 Å². The standard InChI is InChI=1S/C34H46BrNO2/c1-5-9-11-27(7-3)25-37-33-21-17-31(18-22-33)36(30-15-13-29(35)14-16-30)32-19-23-34(24-20-32)38-26-28(8-4)12-10-6-2/h13-24,27-28H,5-12,25-26H2,1-4H3/t27-,28+. The van der Waals surface area contributed by atoms with Crippen LogP contribution in [0.25, 0.3) is 0 Å². The first-order valence-electron chi connectivity index (χ1n) is 14.6. The second kappa shape index (κ2) is 16.5. The highest BCUT2D eigenvalue weighted by Gasteiger charge is 2.14. The average molecular weight is 581 g/mol. The van der Waals surface area contributed by atoms with Gasteiger partial charge in [-0.05, 0) is 97.5 Å². The second-order valence-electron chi connectivity index (χ2n) is 10.3. The van der Waals surface area contributed by atoms with E-state index >= 15 is 0 Å². The molecule has 0 bridgehead atoms. The molecule has 0 fully saturated rings. The van der Waals surface area contributed by atoms with Gasteiger partial charge in [0.2, 0.25) is 0 Å². The van der Waals surface area contributed by atoms with Crippen molar-refractivity contribution in [1.29, 1.82) is 0 Å². The Bertz CT molecular complexity index is 970. The quantitative estimate of drug-likeness (QED) is 0.159. The molecular formula is C34H46BrNO2. The molecule has 0 aliphatic heterocycles. The van der Waals surface area contributed by atoms with Gasteiger partial charge in [-0.1, -0.05) is 82.1 Å². The van der Waals surface area contributed by atoms with Crippen molar-refractivity contribution in [1.82, 2.24) is 0 Å². The summed E-state index contributed by atoms with van der Waals surface area (Å²) in [6.07, 6.45) is 9.81. The molecular weight excluding hydrogens is 534 g/mol. The van der Waals surface area contributed by atoms with E-state index in [1.807, 2.05) is 0 Å². The highest BCUT2D eigenvalue weighted by molar-refractivity contribution is 9.10. The lowest BCUT2D eigenvalue weighted by Gasteiger charge is -2.26. The molecule has 0 saturated carbocycles. The third-order valence-corrected chi connectivity index (χ3v) is 7.86. The summed E-state index contributed by atoms with van der Waals surface area (Å²) in [5, 5.41) is 0. The lowest BCUT2D eigenvalue weighted by molar-refractivity contribution is 0.233. The van der Waals surface area contributed by atoms with Gasteiger partial charge in [-0.3, -0.25) is 0 Å². The molecule has 3 aromatic rings. The fraction of sp³-hybridized carbons (Fsp3) is 0.471. The number of halogens is 1. The number of nitrogens with zero attached hydrogens (tertiary/aromatic N) is 1. The highest BCUT2D eigenvalue weighted by atomic mass is 79.9. The van der Waals surface area contributed by atoms with Gasteiger partial charge in [0.15, 0.2) is 0 Å². The first-order chi connectivity index (χ1) is 18.6. The number of ether oxygens (including phenoxy) is 2. The molecule has 0 spiro atoms. The minimum Gasteiger partial charge on any atom is -0.493 e. The van der Waals surface area contributed by atoms with Crippen molar-refractivity contribution >= 4 is 33.0 Å². The Kier molecular flexibility index (Phi) is 13.1. The number of hydrogen-bond acceptors (Lipinski definition) is 3. The van der Waals surface area contributed by atoms with Gasteiger partial charge in [-0.2, -0.15) is 0 Å².